The van der Waals surface area contributed by atoms with Crippen LogP contribution in [0.4, 0.5) is 0 Å². The molecule has 0 unspecified atom stereocenters. The summed E-state index contributed by atoms with van der Waals surface area (Å²) in [6, 6.07) is 7.95. The Morgan fingerprint density at radius 3 is 2.53 bits per heavy atom. The highest BCUT2D eigenvalue weighted by atomic mass is 14.9. The van der Waals surface area contributed by atoms with Crippen LogP contribution in [0.3, 0.4) is 0 Å². The van der Waals surface area contributed by atoms with Crippen molar-refractivity contribution in [1.29, 1.82) is 0 Å². The summed E-state index contributed by atoms with van der Waals surface area (Å²) in [5.74, 6) is 0. The molecule has 0 bridgehead atoms. The molecule has 2 aromatic rings. The summed E-state index contributed by atoms with van der Waals surface area (Å²) in [6.07, 6.45) is 1.85. The summed E-state index contributed by atoms with van der Waals surface area (Å²) in [6.45, 7) is 8.39. The van der Waals surface area contributed by atoms with Crippen LogP contribution in [0, 0.1) is 5.41 Å². The van der Waals surface area contributed by atoms with Crippen LogP contribution in [0.25, 0.3) is 11.0 Å². The summed E-state index contributed by atoms with van der Waals surface area (Å²) in [5.41, 5.74) is 3.20. The Bertz CT molecular complexity index is 500. The van der Waals surface area contributed by atoms with Crippen LogP contribution in [0.1, 0.15) is 26.5 Å². The van der Waals surface area contributed by atoms with Crippen LogP contribution in [0.15, 0.2) is 30.5 Å². The lowest BCUT2D eigenvalue weighted by Crippen LogP contribution is -2.26. The van der Waals surface area contributed by atoms with Crippen LogP contribution in [0.2, 0.25) is 0 Å². The summed E-state index contributed by atoms with van der Waals surface area (Å²) in [7, 11) is 0. The van der Waals surface area contributed by atoms with E-state index in [9.17, 15) is 0 Å². The van der Waals surface area contributed by atoms with Crippen LogP contribution in [0.5, 0.6) is 0 Å². The first-order valence-corrected chi connectivity index (χ1v) is 5.96. The average molecular weight is 229 g/mol. The average Bonchev–Trinajstić information content (AvgIpc) is 2.27. The molecule has 0 amide bonds. The third-order valence-corrected chi connectivity index (χ3v) is 2.46. The molecule has 0 aliphatic carbocycles. The highest BCUT2D eigenvalue weighted by molar-refractivity contribution is 5.73. The third-order valence-electron chi connectivity index (χ3n) is 2.46. The molecule has 3 nitrogen and oxygen atoms in total. The van der Waals surface area contributed by atoms with Crippen molar-refractivity contribution in [3.8, 4) is 0 Å². The molecule has 0 saturated carbocycles. The SMILES string of the molecule is CC(C)(C)CNCc1cnc2ccccc2n1. The second-order valence-corrected chi connectivity index (χ2v) is 5.51. The van der Waals surface area contributed by atoms with Gasteiger partial charge in [0.25, 0.3) is 0 Å². The Morgan fingerprint density at radius 2 is 1.82 bits per heavy atom. The van der Waals surface area contributed by atoms with Crippen LogP contribution in [-0.4, -0.2) is 16.5 Å². The first-order chi connectivity index (χ1) is 8.04. The molecule has 1 aromatic carbocycles. The van der Waals surface area contributed by atoms with Crippen molar-refractivity contribution in [1.82, 2.24) is 15.3 Å². The van der Waals surface area contributed by atoms with Crippen molar-refractivity contribution in [2.45, 2.75) is 27.3 Å². The molecule has 2 rings (SSSR count). The lowest BCUT2D eigenvalue weighted by Gasteiger charge is -2.18. The largest absolute Gasteiger partial charge is 0.311 e. The molecule has 0 aliphatic rings. The highest BCUT2D eigenvalue weighted by Gasteiger charge is 2.09. The lowest BCUT2D eigenvalue weighted by atomic mass is 9.97. The number of rotatable bonds is 3. The number of hydrogen-bond acceptors (Lipinski definition) is 3. The van der Waals surface area contributed by atoms with Gasteiger partial charge >= 0.3 is 0 Å². The maximum absolute atomic E-state index is 4.57. The topological polar surface area (TPSA) is 37.8 Å². The van der Waals surface area contributed by atoms with Crippen molar-refractivity contribution < 1.29 is 0 Å². The van der Waals surface area contributed by atoms with Gasteiger partial charge in [-0.25, -0.2) is 4.98 Å². The van der Waals surface area contributed by atoms with Crippen LogP contribution < -0.4 is 5.32 Å². The summed E-state index contributed by atoms with van der Waals surface area (Å²) in [5, 5.41) is 3.40. The molecule has 1 aromatic heterocycles. The van der Waals surface area contributed by atoms with Crippen molar-refractivity contribution in [2.75, 3.05) is 6.54 Å². The molecule has 0 saturated heterocycles. The number of benzene rings is 1. The zero-order valence-electron chi connectivity index (χ0n) is 10.7. The minimum atomic E-state index is 0.296. The van der Waals surface area contributed by atoms with E-state index in [0.717, 1.165) is 29.8 Å². The van der Waals surface area contributed by atoms with Gasteiger partial charge in [-0.3, -0.25) is 4.98 Å². The molecule has 3 heteroatoms. The molecule has 0 radical (unpaired) electrons. The molecular weight excluding hydrogens is 210 g/mol. The molecule has 90 valence electrons. The van der Waals surface area contributed by atoms with Gasteiger partial charge in [-0.15, -0.1) is 0 Å². The predicted molar refractivity (Wildman–Crippen MR) is 70.7 cm³/mol. The van der Waals surface area contributed by atoms with E-state index in [4.69, 9.17) is 0 Å². The molecule has 17 heavy (non-hydrogen) atoms. The normalized spacial score (nSPS) is 11.9. The quantitative estimate of drug-likeness (QED) is 0.879. The summed E-state index contributed by atoms with van der Waals surface area (Å²) >= 11 is 0. The summed E-state index contributed by atoms with van der Waals surface area (Å²) < 4.78 is 0. The van der Waals surface area contributed by atoms with E-state index in [1.165, 1.54) is 0 Å². The van der Waals surface area contributed by atoms with Gasteiger partial charge in [-0.1, -0.05) is 32.9 Å². The minimum absolute atomic E-state index is 0.296. The van der Waals surface area contributed by atoms with Crippen LogP contribution >= 0.6 is 0 Å². The minimum Gasteiger partial charge on any atom is -0.311 e. The van der Waals surface area contributed by atoms with Crippen molar-refractivity contribution >= 4 is 11.0 Å². The number of nitrogens with one attached hydrogen (secondary N) is 1. The van der Waals surface area contributed by atoms with Gasteiger partial charge in [0.1, 0.15) is 0 Å². The van der Waals surface area contributed by atoms with Crippen LogP contribution in [-0.2, 0) is 6.54 Å². The second kappa shape index (κ2) is 4.80. The van der Waals surface area contributed by atoms with E-state index in [-0.39, 0.29) is 0 Å². The Hall–Kier alpha value is -1.48. The Morgan fingerprint density at radius 1 is 1.12 bits per heavy atom. The molecule has 0 fully saturated rings. The number of nitrogens with zero attached hydrogens (tertiary/aromatic N) is 2. The standard InChI is InChI=1S/C14H19N3/c1-14(2,3)10-15-8-11-9-16-12-6-4-5-7-13(12)17-11/h4-7,9,15H,8,10H2,1-3H3. The van der Waals surface area contributed by atoms with Gasteiger partial charge in [-0.05, 0) is 17.5 Å². The number of aromatic nitrogens is 2. The van der Waals surface area contributed by atoms with Gasteiger partial charge in [0.2, 0.25) is 0 Å². The molecule has 0 spiro atoms. The highest BCUT2D eigenvalue weighted by Crippen LogP contribution is 2.11. The predicted octanol–water partition coefficient (Wildman–Crippen LogP) is 2.77. The van der Waals surface area contributed by atoms with E-state index in [1.54, 1.807) is 0 Å². The first-order valence-electron chi connectivity index (χ1n) is 5.96. The van der Waals surface area contributed by atoms with E-state index in [1.807, 2.05) is 30.5 Å². The van der Waals surface area contributed by atoms with Gasteiger partial charge in [0, 0.05) is 13.1 Å². The molecule has 1 N–H and O–H groups in total. The fourth-order valence-corrected chi connectivity index (χ4v) is 1.65. The zero-order chi connectivity index (χ0) is 12.3. The van der Waals surface area contributed by atoms with Gasteiger partial charge in [-0.2, -0.15) is 0 Å². The van der Waals surface area contributed by atoms with E-state index in [0.29, 0.717) is 5.41 Å². The maximum atomic E-state index is 4.57. The lowest BCUT2D eigenvalue weighted by molar-refractivity contribution is 0.378. The Balaban J connectivity index is 2.04. The third kappa shape index (κ3) is 3.49. The van der Waals surface area contributed by atoms with Gasteiger partial charge < -0.3 is 5.32 Å². The Labute approximate surface area is 102 Å². The molecule has 0 aliphatic heterocycles. The maximum Gasteiger partial charge on any atom is 0.0890 e. The molecular formula is C14H19N3. The van der Waals surface area contributed by atoms with Crippen molar-refractivity contribution in [3.05, 3.63) is 36.2 Å². The van der Waals surface area contributed by atoms with E-state index >= 15 is 0 Å². The number of para-hydroxylation sites is 2. The monoisotopic (exact) mass is 229 g/mol. The second-order valence-electron chi connectivity index (χ2n) is 5.51. The van der Waals surface area contributed by atoms with E-state index < -0.39 is 0 Å². The molecule has 1 heterocycles. The van der Waals surface area contributed by atoms with Crippen molar-refractivity contribution in [3.63, 3.8) is 0 Å². The first kappa shape index (κ1) is 12.0. The zero-order valence-corrected chi connectivity index (χ0v) is 10.7. The van der Waals surface area contributed by atoms with E-state index in [2.05, 4.69) is 36.1 Å². The summed E-state index contributed by atoms with van der Waals surface area (Å²) in [4.78, 5) is 8.96. The molecule has 0 atom stereocenters. The fourth-order valence-electron chi connectivity index (χ4n) is 1.65. The van der Waals surface area contributed by atoms with Gasteiger partial charge in [0.15, 0.2) is 0 Å². The fraction of sp³-hybridized carbons (Fsp3) is 0.429. The number of fused-ring (bicyclic) bond motifs is 1. The van der Waals surface area contributed by atoms with Crippen molar-refractivity contribution in [2.24, 2.45) is 5.41 Å². The Kier molecular flexibility index (Phi) is 3.38. The number of hydrogen-bond donors (Lipinski definition) is 1. The smallest absolute Gasteiger partial charge is 0.0890 e. The van der Waals surface area contributed by atoms with Gasteiger partial charge in [0.05, 0.1) is 22.9 Å².